The van der Waals surface area contributed by atoms with Crippen LogP contribution >= 0.6 is 0 Å². The van der Waals surface area contributed by atoms with Gasteiger partial charge < -0.3 is 19.7 Å². The van der Waals surface area contributed by atoms with Crippen LogP contribution in [-0.4, -0.2) is 39.5 Å². The zero-order valence-electron chi connectivity index (χ0n) is 13.9. The molecule has 2 N–H and O–H groups in total. The predicted octanol–water partition coefficient (Wildman–Crippen LogP) is 1.94. The molecule has 0 radical (unpaired) electrons. The molecule has 7 nitrogen and oxygen atoms in total. The van der Waals surface area contributed by atoms with Crippen molar-refractivity contribution in [3.8, 4) is 6.07 Å². The number of nitrogens with one attached hydrogen (secondary N) is 1. The van der Waals surface area contributed by atoms with E-state index in [0.29, 0.717) is 25.1 Å². The monoisotopic (exact) mass is 340 g/mol. The lowest BCUT2D eigenvalue weighted by Gasteiger charge is -2.44. The summed E-state index contributed by atoms with van der Waals surface area (Å²) in [6.45, 7) is 1.09. The fourth-order valence-electron chi connectivity index (χ4n) is 4.32. The molecule has 25 heavy (non-hydrogen) atoms. The zero-order chi connectivity index (χ0) is 17.5. The van der Waals surface area contributed by atoms with E-state index in [1.165, 1.54) is 0 Å². The average molecular weight is 340 g/mol. The summed E-state index contributed by atoms with van der Waals surface area (Å²) in [5, 5.41) is 22.1. The highest BCUT2D eigenvalue weighted by Crippen LogP contribution is 2.45. The van der Waals surface area contributed by atoms with Crippen LogP contribution in [-0.2, 0) is 11.3 Å². The molecule has 1 amide bonds. The molecule has 4 rings (SSSR count). The van der Waals surface area contributed by atoms with Crippen molar-refractivity contribution in [1.82, 2.24) is 14.9 Å². The van der Waals surface area contributed by atoms with Gasteiger partial charge in [-0.3, -0.25) is 0 Å². The van der Waals surface area contributed by atoms with Gasteiger partial charge >= 0.3 is 6.09 Å². The number of hydrogen-bond donors (Lipinski definition) is 2. The quantitative estimate of drug-likeness (QED) is 0.889. The molecule has 2 aliphatic rings. The van der Waals surface area contributed by atoms with Crippen LogP contribution < -0.4 is 5.32 Å². The third kappa shape index (κ3) is 2.72. The van der Waals surface area contributed by atoms with Gasteiger partial charge in [-0.05, 0) is 43.9 Å². The van der Waals surface area contributed by atoms with E-state index in [0.717, 1.165) is 30.3 Å². The van der Waals surface area contributed by atoms with Crippen LogP contribution in [0.15, 0.2) is 24.5 Å². The molecule has 7 heteroatoms. The standard InChI is InChI=1S/C18H20N4O3/c19-7-13-2-3-14-15(6-13)22(12-21-14)10-17(11-23)4-1-5-18(8-17)9-20-16(24)25-18/h2-3,6,12,23H,1,4-5,8-11H2,(H,20,24)/t17-,18?/m1/s1. The average Bonchev–Trinajstić information content (AvgIpc) is 3.18. The highest BCUT2D eigenvalue weighted by molar-refractivity contribution is 5.77. The van der Waals surface area contributed by atoms with Crippen molar-refractivity contribution in [2.75, 3.05) is 13.2 Å². The number of hydrogen-bond acceptors (Lipinski definition) is 5. The number of aromatic nitrogens is 2. The maximum absolute atomic E-state index is 11.5. The van der Waals surface area contributed by atoms with Crippen molar-refractivity contribution >= 4 is 17.1 Å². The van der Waals surface area contributed by atoms with Crippen molar-refractivity contribution < 1.29 is 14.6 Å². The summed E-state index contributed by atoms with van der Waals surface area (Å²) >= 11 is 0. The molecular weight excluding hydrogens is 320 g/mol. The maximum Gasteiger partial charge on any atom is 0.407 e. The fraction of sp³-hybridized carbons (Fsp3) is 0.500. The molecule has 1 saturated carbocycles. The number of fused-ring (bicyclic) bond motifs is 1. The van der Waals surface area contributed by atoms with Crippen LogP contribution in [0.2, 0.25) is 0 Å². The topological polar surface area (TPSA) is 100 Å². The molecule has 1 aromatic carbocycles. The van der Waals surface area contributed by atoms with Crippen molar-refractivity contribution in [2.24, 2.45) is 5.41 Å². The summed E-state index contributed by atoms with van der Waals surface area (Å²) < 4.78 is 7.56. The zero-order valence-corrected chi connectivity index (χ0v) is 13.9. The number of amides is 1. The summed E-state index contributed by atoms with van der Waals surface area (Å²) in [6, 6.07) is 7.56. The minimum Gasteiger partial charge on any atom is -0.441 e. The number of nitriles is 1. The number of carbonyl (C=O) groups is 1. The third-order valence-corrected chi connectivity index (χ3v) is 5.49. The number of nitrogens with zero attached hydrogens (tertiary/aromatic N) is 3. The highest BCUT2D eigenvalue weighted by atomic mass is 16.6. The lowest BCUT2D eigenvalue weighted by Crippen LogP contribution is -2.47. The molecular formula is C18H20N4O3. The summed E-state index contributed by atoms with van der Waals surface area (Å²) in [7, 11) is 0. The fourth-order valence-corrected chi connectivity index (χ4v) is 4.32. The van der Waals surface area contributed by atoms with Crippen LogP contribution in [0.5, 0.6) is 0 Å². The lowest BCUT2D eigenvalue weighted by molar-refractivity contribution is -0.0542. The summed E-state index contributed by atoms with van der Waals surface area (Å²) in [5.74, 6) is 0. The number of aliphatic hydroxyl groups is 1. The number of ether oxygens (including phenoxy) is 1. The van der Waals surface area contributed by atoms with Gasteiger partial charge in [0.2, 0.25) is 0 Å². The van der Waals surface area contributed by atoms with Crippen LogP contribution in [0.25, 0.3) is 11.0 Å². The van der Waals surface area contributed by atoms with E-state index in [4.69, 9.17) is 10.00 Å². The van der Waals surface area contributed by atoms with Gasteiger partial charge in [-0.2, -0.15) is 5.26 Å². The van der Waals surface area contributed by atoms with Crippen molar-refractivity contribution in [1.29, 1.82) is 5.26 Å². The molecule has 1 aliphatic carbocycles. The van der Waals surface area contributed by atoms with Gasteiger partial charge in [-0.15, -0.1) is 0 Å². The van der Waals surface area contributed by atoms with Gasteiger partial charge in [-0.25, -0.2) is 9.78 Å². The summed E-state index contributed by atoms with van der Waals surface area (Å²) in [4.78, 5) is 15.9. The smallest absolute Gasteiger partial charge is 0.407 e. The second-order valence-corrected chi connectivity index (χ2v) is 7.30. The molecule has 1 aliphatic heterocycles. The van der Waals surface area contributed by atoms with Gasteiger partial charge in [0.15, 0.2) is 0 Å². The Morgan fingerprint density at radius 1 is 1.44 bits per heavy atom. The number of alkyl carbamates (subject to hydrolysis) is 1. The number of benzene rings is 1. The second kappa shape index (κ2) is 5.74. The first kappa shape index (κ1) is 15.9. The molecule has 0 bridgehead atoms. The van der Waals surface area contributed by atoms with Crippen LogP contribution in [0.4, 0.5) is 4.79 Å². The minimum absolute atomic E-state index is 0.0178. The molecule has 2 fully saturated rings. The van der Waals surface area contributed by atoms with Crippen LogP contribution in [0.1, 0.15) is 31.2 Å². The molecule has 1 saturated heterocycles. The van der Waals surface area contributed by atoms with Crippen molar-refractivity contribution in [2.45, 2.75) is 37.8 Å². The molecule has 130 valence electrons. The molecule has 2 heterocycles. The van der Waals surface area contributed by atoms with Gasteiger partial charge in [0.25, 0.3) is 0 Å². The van der Waals surface area contributed by atoms with Gasteiger partial charge in [-0.1, -0.05) is 0 Å². The molecule has 2 aromatic rings. The Balaban J connectivity index is 1.66. The minimum atomic E-state index is -0.522. The van der Waals surface area contributed by atoms with Crippen LogP contribution in [0, 0.1) is 16.7 Å². The summed E-state index contributed by atoms with van der Waals surface area (Å²) in [6.07, 6.45) is 4.57. The van der Waals surface area contributed by atoms with E-state index in [1.807, 2.05) is 16.7 Å². The van der Waals surface area contributed by atoms with E-state index in [9.17, 15) is 9.90 Å². The molecule has 2 atom stereocenters. The Labute approximate surface area is 145 Å². The molecule has 1 spiro atoms. The Morgan fingerprint density at radius 3 is 3.04 bits per heavy atom. The van der Waals surface area contributed by atoms with E-state index >= 15 is 0 Å². The van der Waals surface area contributed by atoms with Gasteiger partial charge in [0.1, 0.15) is 5.60 Å². The first-order valence-corrected chi connectivity index (χ1v) is 8.50. The first-order chi connectivity index (χ1) is 12.1. The number of carbonyl (C=O) groups excluding carboxylic acids is 1. The highest BCUT2D eigenvalue weighted by Gasteiger charge is 2.50. The normalized spacial score (nSPS) is 28.7. The lowest BCUT2D eigenvalue weighted by atomic mass is 9.67. The Bertz CT molecular complexity index is 871. The predicted molar refractivity (Wildman–Crippen MR) is 89.6 cm³/mol. The van der Waals surface area contributed by atoms with E-state index in [1.54, 1.807) is 12.4 Å². The van der Waals surface area contributed by atoms with E-state index in [-0.39, 0.29) is 18.1 Å². The van der Waals surface area contributed by atoms with Crippen LogP contribution in [0.3, 0.4) is 0 Å². The largest absolute Gasteiger partial charge is 0.441 e. The number of imidazole rings is 1. The molecule has 1 aromatic heterocycles. The molecule has 1 unspecified atom stereocenters. The van der Waals surface area contributed by atoms with Crippen molar-refractivity contribution in [3.05, 3.63) is 30.1 Å². The second-order valence-electron chi connectivity index (χ2n) is 7.30. The third-order valence-electron chi connectivity index (χ3n) is 5.49. The first-order valence-electron chi connectivity index (χ1n) is 8.50. The van der Waals surface area contributed by atoms with Crippen molar-refractivity contribution in [3.63, 3.8) is 0 Å². The Kier molecular flexibility index (Phi) is 3.65. The summed E-state index contributed by atoms with van der Waals surface area (Å²) in [5.41, 5.74) is 1.40. The number of aliphatic hydroxyl groups excluding tert-OH is 1. The van der Waals surface area contributed by atoms with Gasteiger partial charge in [0, 0.05) is 12.0 Å². The Hall–Kier alpha value is -2.59. The van der Waals surface area contributed by atoms with Gasteiger partial charge in [0.05, 0.1) is 42.1 Å². The maximum atomic E-state index is 11.5. The Morgan fingerprint density at radius 2 is 2.32 bits per heavy atom. The SMILES string of the molecule is N#Cc1ccc2ncn(C[C@@]3(CO)CCCC4(CNC(=O)O4)C3)c2c1. The van der Waals surface area contributed by atoms with E-state index < -0.39 is 5.60 Å². The van der Waals surface area contributed by atoms with E-state index in [2.05, 4.69) is 16.4 Å². The number of rotatable bonds is 3.